The minimum atomic E-state index is -3.94. The maximum absolute atomic E-state index is 13.0. The minimum absolute atomic E-state index is 0.0167. The van der Waals surface area contributed by atoms with E-state index >= 15 is 0 Å². The number of anilines is 1. The molecule has 0 aliphatic rings. The van der Waals surface area contributed by atoms with Crippen LogP contribution in [0.5, 0.6) is 0 Å². The molecule has 0 aliphatic carbocycles. The highest BCUT2D eigenvalue weighted by molar-refractivity contribution is 7.92. The van der Waals surface area contributed by atoms with Gasteiger partial charge < -0.3 is 9.13 Å². The Kier molecular flexibility index (Phi) is 4.65. The minimum Gasteiger partial charge on any atom is -0.305 e. The lowest BCUT2D eigenvalue weighted by molar-refractivity contribution is 0.600. The molecule has 0 amide bonds. The summed E-state index contributed by atoms with van der Waals surface area (Å²) in [7, 11) is -1.02. The van der Waals surface area contributed by atoms with Gasteiger partial charge in [0, 0.05) is 19.1 Å². The van der Waals surface area contributed by atoms with Crippen LogP contribution in [-0.2, 0) is 24.1 Å². The summed E-state index contributed by atoms with van der Waals surface area (Å²) in [5, 5.41) is 0.447. The second-order valence-corrected chi connectivity index (χ2v) is 8.41. The molecular weight excluding hydrogens is 390 g/mol. The van der Waals surface area contributed by atoms with Crippen LogP contribution in [0.4, 0.5) is 5.69 Å². The molecule has 1 N–H and O–H groups in total. The van der Waals surface area contributed by atoms with Crippen molar-refractivity contribution < 1.29 is 8.42 Å². The van der Waals surface area contributed by atoms with Gasteiger partial charge >= 0.3 is 11.1 Å². The highest BCUT2D eigenvalue weighted by Gasteiger charge is 2.21. The van der Waals surface area contributed by atoms with Crippen LogP contribution in [0.25, 0.3) is 11.0 Å². The van der Waals surface area contributed by atoms with Crippen LogP contribution in [0.2, 0.25) is 5.02 Å². The van der Waals surface area contributed by atoms with E-state index in [2.05, 4.69) is 4.72 Å². The van der Waals surface area contributed by atoms with Crippen LogP contribution in [0, 0.1) is 13.8 Å². The normalized spacial score (nSPS) is 11.7. The van der Waals surface area contributed by atoms with Gasteiger partial charge in [-0.3, -0.25) is 14.3 Å². The number of hydrogen-bond acceptors (Lipinski definition) is 4. The van der Waals surface area contributed by atoms with Gasteiger partial charge in [-0.05, 0) is 49.2 Å². The Hall–Kier alpha value is -2.58. The van der Waals surface area contributed by atoms with E-state index in [-0.39, 0.29) is 4.90 Å². The molecule has 0 fully saturated rings. The van der Waals surface area contributed by atoms with E-state index in [0.29, 0.717) is 32.9 Å². The lowest BCUT2D eigenvalue weighted by Crippen LogP contribution is -2.39. The molecule has 9 heteroatoms. The Morgan fingerprint density at radius 2 is 1.52 bits per heavy atom. The Balaban J connectivity index is 2.24. The number of aromatic nitrogens is 2. The van der Waals surface area contributed by atoms with Gasteiger partial charge in [0.15, 0.2) is 0 Å². The van der Waals surface area contributed by atoms with Crippen molar-refractivity contribution in [3.05, 3.63) is 67.2 Å². The summed E-state index contributed by atoms with van der Waals surface area (Å²) < 4.78 is 30.8. The fourth-order valence-corrected chi connectivity index (χ4v) is 4.46. The Labute approximate surface area is 160 Å². The fraction of sp³-hybridized carbons (Fsp3) is 0.222. The zero-order valence-electron chi connectivity index (χ0n) is 15.2. The van der Waals surface area contributed by atoms with E-state index in [1.54, 1.807) is 38.1 Å². The predicted octanol–water partition coefficient (Wildman–Crippen LogP) is 2.31. The standard InChI is InChI=1S/C18H18ClN3O4S/c1-10-8-14-15(22(4)18(24)17(23)21(14)3)9-16(10)27(25,26)20-13-7-5-6-12(19)11(13)2/h5-9,20H,1-4H3. The summed E-state index contributed by atoms with van der Waals surface area (Å²) in [6.07, 6.45) is 0. The summed E-state index contributed by atoms with van der Waals surface area (Å²) in [6, 6.07) is 7.92. The lowest BCUT2D eigenvalue weighted by Gasteiger charge is -2.15. The first kappa shape index (κ1) is 19.2. The van der Waals surface area contributed by atoms with Gasteiger partial charge in [-0.25, -0.2) is 8.42 Å². The van der Waals surface area contributed by atoms with Crippen molar-refractivity contribution in [1.29, 1.82) is 0 Å². The van der Waals surface area contributed by atoms with E-state index in [0.717, 1.165) is 4.57 Å². The summed E-state index contributed by atoms with van der Waals surface area (Å²) in [6.45, 7) is 3.35. The topological polar surface area (TPSA) is 90.2 Å². The molecule has 3 aromatic rings. The van der Waals surface area contributed by atoms with Gasteiger partial charge in [-0.15, -0.1) is 0 Å². The van der Waals surface area contributed by atoms with Crippen LogP contribution in [0.15, 0.2) is 44.8 Å². The van der Waals surface area contributed by atoms with Gasteiger partial charge in [0.2, 0.25) is 0 Å². The molecule has 0 aliphatic heterocycles. The Bertz CT molecular complexity index is 1310. The van der Waals surface area contributed by atoms with Gasteiger partial charge in [0.25, 0.3) is 10.0 Å². The van der Waals surface area contributed by atoms with Gasteiger partial charge in [-0.1, -0.05) is 17.7 Å². The fourth-order valence-electron chi connectivity index (χ4n) is 2.91. The molecule has 1 aromatic heterocycles. The highest BCUT2D eigenvalue weighted by Crippen LogP contribution is 2.27. The number of benzene rings is 2. The summed E-state index contributed by atoms with van der Waals surface area (Å²) >= 11 is 6.06. The van der Waals surface area contributed by atoms with Crippen molar-refractivity contribution in [3.8, 4) is 0 Å². The molecule has 27 heavy (non-hydrogen) atoms. The Morgan fingerprint density at radius 1 is 0.963 bits per heavy atom. The maximum Gasteiger partial charge on any atom is 0.316 e. The zero-order chi connectivity index (χ0) is 20.1. The smallest absolute Gasteiger partial charge is 0.305 e. The number of rotatable bonds is 3. The number of halogens is 1. The third-order valence-electron chi connectivity index (χ3n) is 4.59. The maximum atomic E-state index is 13.0. The summed E-state index contributed by atoms with van der Waals surface area (Å²) in [5.74, 6) is 0. The number of nitrogens with one attached hydrogen (secondary N) is 1. The van der Waals surface area contributed by atoms with E-state index < -0.39 is 21.1 Å². The SMILES string of the molecule is Cc1cc2c(cc1S(=O)(=O)Nc1cccc(Cl)c1C)n(C)c(=O)c(=O)n2C. The van der Waals surface area contributed by atoms with Gasteiger partial charge in [-0.2, -0.15) is 0 Å². The van der Waals surface area contributed by atoms with Gasteiger partial charge in [0.1, 0.15) is 0 Å². The molecule has 1 heterocycles. The predicted molar refractivity (Wildman–Crippen MR) is 106 cm³/mol. The largest absolute Gasteiger partial charge is 0.316 e. The van der Waals surface area contributed by atoms with Crippen molar-refractivity contribution in [1.82, 2.24) is 9.13 Å². The monoisotopic (exact) mass is 407 g/mol. The van der Waals surface area contributed by atoms with E-state index in [9.17, 15) is 18.0 Å². The van der Waals surface area contributed by atoms with Crippen molar-refractivity contribution in [2.75, 3.05) is 4.72 Å². The first-order chi connectivity index (χ1) is 12.5. The first-order valence-corrected chi connectivity index (χ1v) is 9.89. The molecular formula is C18H18ClN3O4S. The molecule has 0 bridgehead atoms. The third kappa shape index (κ3) is 3.15. The molecule has 0 atom stereocenters. The average Bonchev–Trinajstić information content (AvgIpc) is 2.61. The molecule has 0 radical (unpaired) electrons. The third-order valence-corrected chi connectivity index (χ3v) is 6.51. The van der Waals surface area contributed by atoms with E-state index in [1.165, 1.54) is 24.7 Å². The number of aryl methyl sites for hydroxylation is 3. The number of nitrogens with zero attached hydrogens (tertiary/aromatic N) is 2. The van der Waals surface area contributed by atoms with Crippen LogP contribution in [0.3, 0.4) is 0 Å². The molecule has 0 unspecified atom stereocenters. The number of sulfonamides is 1. The molecule has 142 valence electrons. The molecule has 2 aromatic carbocycles. The van der Waals surface area contributed by atoms with Crippen molar-refractivity contribution in [2.45, 2.75) is 18.7 Å². The summed E-state index contributed by atoms with van der Waals surface area (Å²) in [5.41, 5.74) is 0.840. The second kappa shape index (κ2) is 6.54. The number of hydrogen-bond donors (Lipinski definition) is 1. The van der Waals surface area contributed by atoms with Crippen LogP contribution in [0.1, 0.15) is 11.1 Å². The average molecular weight is 408 g/mol. The lowest BCUT2D eigenvalue weighted by atomic mass is 10.2. The van der Waals surface area contributed by atoms with Gasteiger partial charge in [0.05, 0.1) is 21.6 Å². The molecule has 7 nitrogen and oxygen atoms in total. The molecule has 0 saturated carbocycles. The Morgan fingerprint density at radius 3 is 2.11 bits per heavy atom. The van der Waals surface area contributed by atoms with Crippen molar-refractivity contribution in [3.63, 3.8) is 0 Å². The zero-order valence-corrected chi connectivity index (χ0v) is 16.8. The highest BCUT2D eigenvalue weighted by atomic mass is 35.5. The van der Waals surface area contributed by atoms with Crippen molar-refractivity contribution in [2.24, 2.45) is 14.1 Å². The van der Waals surface area contributed by atoms with E-state index in [4.69, 9.17) is 11.6 Å². The second-order valence-electron chi connectivity index (χ2n) is 6.35. The van der Waals surface area contributed by atoms with Crippen LogP contribution >= 0.6 is 11.6 Å². The molecule has 0 saturated heterocycles. The van der Waals surface area contributed by atoms with E-state index in [1.807, 2.05) is 0 Å². The molecule has 3 rings (SSSR count). The quantitative estimate of drug-likeness (QED) is 0.674. The molecule has 0 spiro atoms. The van der Waals surface area contributed by atoms with Crippen molar-refractivity contribution >= 4 is 38.3 Å². The van der Waals surface area contributed by atoms with Crippen LogP contribution in [-0.4, -0.2) is 17.6 Å². The number of fused-ring (bicyclic) bond motifs is 1. The van der Waals surface area contributed by atoms with Crippen LogP contribution < -0.4 is 15.8 Å². The first-order valence-electron chi connectivity index (χ1n) is 8.03. The summed E-state index contributed by atoms with van der Waals surface area (Å²) in [4.78, 5) is 24.1.